The van der Waals surface area contributed by atoms with Crippen LogP contribution in [0, 0.1) is 0 Å². The van der Waals surface area contributed by atoms with E-state index in [-0.39, 0.29) is 49.5 Å². The first-order valence-electron chi connectivity index (χ1n) is 9.06. The molecule has 9 heteroatoms. The maximum absolute atomic E-state index is 12.9. The van der Waals surface area contributed by atoms with Crippen molar-refractivity contribution in [3.05, 3.63) is 23.8 Å². The lowest BCUT2D eigenvalue weighted by Gasteiger charge is -2.24. The van der Waals surface area contributed by atoms with Crippen LogP contribution >= 0.6 is 23.7 Å². The summed E-state index contributed by atoms with van der Waals surface area (Å²) in [5.41, 5.74) is 2.07. The van der Waals surface area contributed by atoms with Crippen LogP contribution in [0.15, 0.2) is 18.2 Å². The summed E-state index contributed by atoms with van der Waals surface area (Å²) in [5.74, 6) is -0.842. The van der Waals surface area contributed by atoms with E-state index < -0.39 is 0 Å². The molecule has 1 aliphatic heterocycles. The Morgan fingerprint density at radius 1 is 1.18 bits per heavy atom. The van der Waals surface area contributed by atoms with Gasteiger partial charge in [-0.05, 0) is 38.2 Å². The molecule has 7 nitrogen and oxygen atoms in total. The number of rotatable bonds is 7. The zero-order valence-corrected chi connectivity index (χ0v) is 17.9. The summed E-state index contributed by atoms with van der Waals surface area (Å²) in [6.45, 7) is 2.98. The molecule has 0 aliphatic carbocycles. The van der Waals surface area contributed by atoms with E-state index in [0.29, 0.717) is 18.2 Å². The van der Waals surface area contributed by atoms with Crippen molar-refractivity contribution < 1.29 is 14.4 Å². The van der Waals surface area contributed by atoms with Gasteiger partial charge in [-0.3, -0.25) is 24.2 Å². The standard InChI is InChI=1S/C19H24N4O3S.ClH/c1-4-13-5-6-14-15(11-13)27-19(20-14)22(10-9-21(2)3)18(26)12-23-16(24)7-8-17(23)25;/h5-6,11H,4,7-10,12H2,1-3H3;1H. The first kappa shape index (κ1) is 22.3. The van der Waals surface area contributed by atoms with Crippen molar-refractivity contribution in [1.29, 1.82) is 0 Å². The lowest BCUT2D eigenvalue weighted by Crippen LogP contribution is -2.44. The zero-order chi connectivity index (χ0) is 19.6. The van der Waals surface area contributed by atoms with Crippen molar-refractivity contribution in [3.63, 3.8) is 0 Å². The zero-order valence-electron chi connectivity index (χ0n) is 16.3. The average molecular weight is 425 g/mol. The van der Waals surface area contributed by atoms with E-state index in [1.54, 1.807) is 4.90 Å². The number of likely N-dealkylation sites (N-methyl/N-ethyl adjacent to an activating group) is 1. The first-order chi connectivity index (χ1) is 12.9. The molecule has 1 fully saturated rings. The van der Waals surface area contributed by atoms with Gasteiger partial charge in [0.15, 0.2) is 5.13 Å². The van der Waals surface area contributed by atoms with E-state index in [1.165, 1.54) is 16.9 Å². The fraction of sp³-hybridized carbons (Fsp3) is 0.474. The lowest BCUT2D eigenvalue weighted by molar-refractivity contribution is -0.141. The topological polar surface area (TPSA) is 73.8 Å². The molecule has 28 heavy (non-hydrogen) atoms. The first-order valence-corrected chi connectivity index (χ1v) is 9.88. The number of thiazole rings is 1. The van der Waals surface area contributed by atoms with Gasteiger partial charge >= 0.3 is 0 Å². The minimum Gasteiger partial charge on any atom is -0.308 e. The third kappa shape index (κ3) is 4.87. The second-order valence-electron chi connectivity index (χ2n) is 6.87. The van der Waals surface area contributed by atoms with Gasteiger partial charge in [0.25, 0.3) is 0 Å². The highest BCUT2D eigenvalue weighted by Gasteiger charge is 2.32. The van der Waals surface area contributed by atoms with E-state index in [2.05, 4.69) is 18.0 Å². The van der Waals surface area contributed by atoms with Gasteiger partial charge in [0.05, 0.1) is 10.2 Å². The van der Waals surface area contributed by atoms with Crippen LogP contribution in [0.2, 0.25) is 0 Å². The molecular formula is C19H25ClN4O3S. The highest BCUT2D eigenvalue weighted by Crippen LogP contribution is 2.30. The Labute approximate surface area is 174 Å². The molecular weight excluding hydrogens is 400 g/mol. The monoisotopic (exact) mass is 424 g/mol. The number of hydrogen-bond acceptors (Lipinski definition) is 6. The number of hydrogen-bond donors (Lipinski definition) is 0. The molecule has 0 N–H and O–H groups in total. The van der Waals surface area contributed by atoms with Crippen LogP contribution in [0.3, 0.4) is 0 Å². The molecule has 1 aliphatic rings. The van der Waals surface area contributed by atoms with Crippen molar-refractivity contribution in [3.8, 4) is 0 Å². The van der Waals surface area contributed by atoms with Gasteiger partial charge in [-0.25, -0.2) is 4.98 Å². The largest absolute Gasteiger partial charge is 0.308 e. The summed E-state index contributed by atoms with van der Waals surface area (Å²) >= 11 is 1.46. The third-order valence-electron chi connectivity index (χ3n) is 4.60. The molecule has 0 bridgehead atoms. The minimum atomic E-state index is -0.282. The summed E-state index contributed by atoms with van der Waals surface area (Å²) < 4.78 is 1.03. The van der Waals surface area contributed by atoms with E-state index >= 15 is 0 Å². The highest BCUT2D eigenvalue weighted by atomic mass is 35.5. The summed E-state index contributed by atoms with van der Waals surface area (Å²) in [6, 6.07) is 6.11. The number of carbonyl (C=O) groups excluding carboxylic acids is 3. The Balaban J connectivity index is 0.00000280. The maximum atomic E-state index is 12.9. The summed E-state index contributed by atoms with van der Waals surface area (Å²) in [5, 5.41) is 0.601. The molecule has 1 saturated heterocycles. The van der Waals surface area contributed by atoms with Crippen molar-refractivity contribution in [2.75, 3.05) is 38.6 Å². The number of amides is 3. The number of nitrogens with zero attached hydrogens (tertiary/aromatic N) is 4. The van der Waals surface area contributed by atoms with Crippen LogP contribution in [0.1, 0.15) is 25.3 Å². The number of halogens is 1. The molecule has 0 radical (unpaired) electrons. The Bertz CT molecular complexity index is 867. The van der Waals surface area contributed by atoms with Gasteiger partial charge in [-0.15, -0.1) is 12.4 Å². The number of imide groups is 1. The van der Waals surface area contributed by atoms with Crippen LogP contribution in [-0.4, -0.2) is 66.2 Å². The Hall–Kier alpha value is -2.03. The molecule has 0 atom stereocenters. The SMILES string of the molecule is CCc1ccc2nc(N(CCN(C)C)C(=O)CN3C(=O)CCC3=O)sc2c1.Cl. The number of aromatic nitrogens is 1. The van der Waals surface area contributed by atoms with Gasteiger partial charge in [0.1, 0.15) is 6.54 Å². The predicted molar refractivity (Wildman–Crippen MR) is 113 cm³/mol. The van der Waals surface area contributed by atoms with E-state index in [1.807, 2.05) is 31.1 Å². The molecule has 3 amide bonds. The summed E-state index contributed by atoms with van der Waals surface area (Å²) in [7, 11) is 3.87. The minimum absolute atomic E-state index is 0. The molecule has 0 unspecified atom stereocenters. The van der Waals surface area contributed by atoms with Crippen molar-refractivity contribution in [1.82, 2.24) is 14.8 Å². The second-order valence-corrected chi connectivity index (χ2v) is 7.88. The number of fused-ring (bicyclic) bond motifs is 1. The van der Waals surface area contributed by atoms with E-state index in [4.69, 9.17) is 0 Å². The Kier molecular flexibility index (Phi) is 7.51. The lowest BCUT2D eigenvalue weighted by atomic mass is 10.2. The van der Waals surface area contributed by atoms with Crippen LogP contribution in [0.4, 0.5) is 5.13 Å². The molecule has 0 saturated carbocycles. The molecule has 152 valence electrons. The van der Waals surface area contributed by atoms with Gasteiger partial charge in [0.2, 0.25) is 17.7 Å². The van der Waals surface area contributed by atoms with Gasteiger partial charge in [-0.1, -0.05) is 24.3 Å². The molecule has 1 aromatic heterocycles. The highest BCUT2D eigenvalue weighted by molar-refractivity contribution is 7.22. The Morgan fingerprint density at radius 3 is 2.46 bits per heavy atom. The number of benzene rings is 1. The van der Waals surface area contributed by atoms with Crippen LogP contribution in [0.5, 0.6) is 0 Å². The maximum Gasteiger partial charge on any atom is 0.248 e. The van der Waals surface area contributed by atoms with Crippen molar-refractivity contribution >= 4 is 56.8 Å². The fourth-order valence-corrected chi connectivity index (χ4v) is 4.01. The number of aryl methyl sites for hydroxylation is 1. The van der Waals surface area contributed by atoms with E-state index in [0.717, 1.165) is 21.5 Å². The average Bonchev–Trinajstić information content (AvgIpc) is 3.19. The second kappa shape index (κ2) is 9.45. The van der Waals surface area contributed by atoms with Crippen LogP contribution < -0.4 is 4.90 Å². The predicted octanol–water partition coefficient (Wildman–Crippen LogP) is 2.32. The number of likely N-dealkylation sites (tertiary alicyclic amines) is 1. The smallest absolute Gasteiger partial charge is 0.248 e. The third-order valence-corrected chi connectivity index (χ3v) is 5.64. The van der Waals surface area contributed by atoms with Crippen molar-refractivity contribution in [2.24, 2.45) is 0 Å². The van der Waals surface area contributed by atoms with Crippen molar-refractivity contribution in [2.45, 2.75) is 26.2 Å². The molecule has 1 aromatic carbocycles. The van der Waals surface area contributed by atoms with Gasteiger partial charge in [-0.2, -0.15) is 0 Å². The quantitative estimate of drug-likeness (QED) is 0.638. The fourth-order valence-electron chi connectivity index (χ4n) is 2.94. The van der Waals surface area contributed by atoms with Gasteiger partial charge < -0.3 is 4.90 Å². The number of anilines is 1. The van der Waals surface area contributed by atoms with Crippen LogP contribution in [-0.2, 0) is 20.8 Å². The summed E-state index contributed by atoms with van der Waals surface area (Å²) in [4.78, 5) is 45.9. The Morgan fingerprint density at radius 2 is 1.86 bits per heavy atom. The van der Waals surface area contributed by atoms with Gasteiger partial charge in [0, 0.05) is 25.9 Å². The molecule has 2 aromatic rings. The molecule has 0 spiro atoms. The summed E-state index contributed by atoms with van der Waals surface area (Å²) in [6.07, 6.45) is 1.31. The van der Waals surface area contributed by atoms with E-state index in [9.17, 15) is 14.4 Å². The molecule has 3 rings (SSSR count). The normalized spacial score (nSPS) is 14.1. The molecule has 2 heterocycles. The van der Waals surface area contributed by atoms with Crippen LogP contribution in [0.25, 0.3) is 10.2 Å². The number of carbonyl (C=O) groups is 3.